The van der Waals surface area contributed by atoms with Crippen LogP contribution in [0.5, 0.6) is 0 Å². The summed E-state index contributed by atoms with van der Waals surface area (Å²) < 4.78 is 0. The molecule has 0 bridgehead atoms. The van der Waals surface area contributed by atoms with Crippen LogP contribution in [0.2, 0.25) is 0 Å². The second-order valence-corrected chi connectivity index (χ2v) is 6.22. The highest BCUT2D eigenvalue weighted by atomic mass is 35.5. The van der Waals surface area contributed by atoms with Gasteiger partial charge in [0.2, 0.25) is 5.91 Å². The maximum absolute atomic E-state index is 12.2. The summed E-state index contributed by atoms with van der Waals surface area (Å²) in [7, 11) is 1.82. The molecule has 0 radical (unpaired) electrons. The van der Waals surface area contributed by atoms with E-state index in [1.807, 2.05) is 68.6 Å². The quantitative estimate of drug-likeness (QED) is 0.624. The van der Waals surface area contributed by atoms with Gasteiger partial charge in [-0.25, -0.2) is 0 Å². The summed E-state index contributed by atoms with van der Waals surface area (Å²) in [5.74, 6) is -0.280. The molecule has 0 unspecified atom stereocenters. The summed E-state index contributed by atoms with van der Waals surface area (Å²) in [5, 5.41) is 2.80. The Morgan fingerprint density at radius 1 is 1.09 bits per heavy atom. The second-order valence-electron chi connectivity index (χ2n) is 5.12. The molecule has 0 aromatic heterocycles. The van der Waals surface area contributed by atoms with Crippen LogP contribution in [-0.4, -0.2) is 17.8 Å². The number of carbonyl (C=O) groups is 1. The molecule has 1 amide bonds. The number of aryl methyl sites for hydroxylation is 1. The molecule has 0 atom stereocenters. The van der Waals surface area contributed by atoms with E-state index in [-0.39, 0.29) is 5.91 Å². The molecule has 2 aromatic carbocycles. The number of para-hydroxylation sites is 1. The first-order valence-electron chi connectivity index (χ1n) is 7.13. The van der Waals surface area contributed by atoms with Crippen LogP contribution in [0.4, 0.5) is 11.4 Å². The van der Waals surface area contributed by atoms with E-state index in [1.54, 1.807) is 4.90 Å². The normalized spacial score (nSPS) is 11.4. The second kappa shape index (κ2) is 8.04. The van der Waals surface area contributed by atoms with E-state index >= 15 is 0 Å². The summed E-state index contributed by atoms with van der Waals surface area (Å²) in [6, 6.07) is 17.1. The average molecular weight is 349 g/mol. The van der Waals surface area contributed by atoms with E-state index < -0.39 is 4.84 Å². The van der Waals surface area contributed by atoms with Gasteiger partial charge in [-0.05, 0) is 31.2 Å². The number of alkyl halides is 2. The van der Waals surface area contributed by atoms with Crippen molar-refractivity contribution in [2.24, 2.45) is 0 Å². The average Bonchev–Trinajstić information content (AvgIpc) is 2.55. The zero-order chi connectivity index (χ0) is 16.8. The number of rotatable bonds is 5. The minimum absolute atomic E-state index is 0.280. The lowest BCUT2D eigenvalue weighted by Crippen LogP contribution is -2.23. The molecular weight excluding hydrogens is 331 g/mol. The topological polar surface area (TPSA) is 32.3 Å². The molecule has 3 nitrogen and oxygen atoms in total. The molecule has 23 heavy (non-hydrogen) atoms. The number of allylic oxidation sites excluding steroid dienone is 1. The molecule has 0 spiro atoms. The zero-order valence-corrected chi connectivity index (χ0v) is 14.5. The van der Waals surface area contributed by atoms with Gasteiger partial charge in [-0.3, -0.25) is 4.79 Å². The van der Waals surface area contributed by atoms with Crippen LogP contribution in [0, 0.1) is 6.92 Å². The SMILES string of the molecule is Cc1ccc(NC(=O)/C=C(\C(Cl)Cl)N(C)c2ccccc2)cc1. The van der Waals surface area contributed by atoms with E-state index in [9.17, 15) is 4.79 Å². The van der Waals surface area contributed by atoms with E-state index in [0.717, 1.165) is 16.9 Å². The molecule has 2 aromatic rings. The van der Waals surface area contributed by atoms with Gasteiger partial charge in [0, 0.05) is 24.5 Å². The van der Waals surface area contributed by atoms with Crippen LogP contribution in [0.15, 0.2) is 66.4 Å². The number of nitrogens with zero attached hydrogens (tertiary/aromatic N) is 1. The number of amides is 1. The van der Waals surface area contributed by atoms with E-state index in [2.05, 4.69) is 5.32 Å². The highest BCUT2D eigenvalue weighted by Gasteiger charge is 2.16. The summed E-state index contributed by atoms with van der Waals surface area (Å²) in [6.45, 7) is 1.99. The van der Waals surface area contributed by atoms with Gasteiger partial charge in [-0.15, -0.1) is 0 Å². The number of carbonyl (C=O) groups excluding carboxylic acids is 1. The molecule has 0 heterocycles. The van der Waals surface area contributed by atoms with Crippen molar-refractivity contribution in [1.29, 1.82) is 0 Å². The van der Waals surface area contributed by atoms with Gasteiger partial charge in [-0.2, -0.15) is 0 Å². The molecule has 5 heteroatoms. The minimum Gasteiger partial charge on any atom is -0.346 e. The largest absolute Gasteiger partial charge is 0.346 e. The molecule has 0 aliphatic rings. The summed E-state index contributed by atoms with van der Waals surface area (Å²) in [4.78, 5) is 13.2. The van der Waals surface area contributed by atoms with Gasteiger partial charge in [-0.1, -0.05) is 59.1 Å². The van der Waals surface area contributed by atoms with Crippen molar-refractivity contribution in [3.63, 3.8) is 0 Å². The van der Waals surface area contributed by atoms with Gasteiger partial charge in [0.15, 0.2) is 0 Å². The molecular formula is C18H18Cl2N2O. The maximum Gasteiger partial charge on any atom is 0.250 e. The summed E-state index contributed by atoms with van der Waals surface area (Å²) >= 11 is 12.1. The van der Waals surface area contributed by atoms with E-state index in [1.165, 1.54) is 6.08 Å². The smallest absolute Gasteiger partial charge is 0.250 e. The lowest BCUT2D eigenvalue weighted by Gasteiger charge is -2.23. The lowest BCUT2D eigenvalue weighted by atomic mass is 10.2. The highest BCUT2D eigenvalue weighted by molar-refractivity contribution is 6.46. The molecule has 120 valence electrons. The van der Waals surface area contributed by atoms with Crippen LogP contribution in [0.1, 0.15) is 5.56 Å². The van der Waals surface area contributed by atoms with Gasteiger partial charge >= 0.3 is 0 Å². The van der Waals surface area contributed by atoms with Gasteiger partial charge in [0.25, 0.3) is 0 Å². The van der Waals surface area contributed by atoms with Crippen molar-refractivity contribution >= 4 is 40.5 Å². The van der Waals surface area contributed by atoms with Crippen LogP contribution < -0.4 is 10.2 Å². The van der Waals surface area contributed by atoms with E-state index in [0.29, 0.717) is 5.70 Å². The Kier molecular flexibility index (Phi) is 6.08. The van der Waals surface area contributed by atoms with Gasteiger partial charge in [0.1, 0.15) is 4.84 Å². The molecule has 0 aliphatic carbocycles. The predicted octanol–water partition coefficient (Wildman–Crippen LogP) is 4.76. The number of benzene rings is 2. The van der Waals surface area contributed by atoms with Crippen LogP contribution in [0.25, 0.3) is 0 Å². The maximum atomic E-state index is 12.2. The standard InChI is InChI=1S/C18H18Cl2N2O/c1-13-8-10-14(11-9-13)21-17(23)12-16(18(19)20)22(2)15-6-4-3-5-7-15/h3-12,18H,1-2H3,(H,21,23)/b16-12+. The molecule has 2 rings (SSSR count). The van der Waals surface area contributed by atoms with Crippen molar-refractivity contribution in [3.8, 4) is 0 Å². The van der Waals surface area contributed by atoms with Crippen LogP contribution >= 0.6 is 23.2 Å². The van der Waals surface area contributed by atoms with Crippen molar-refractivity contribution < 1.29 is 4.79 Å². The van der Waals surface area contributed by atoms with Gasteiger partial charge in [0.05, 0.1) is 5.70 Å². The van der Waals surface area contributed by atoms with Crippen LogP contribution in [0.3, 0.4) is 0 Å². The molecule has 0 fully saturated rings. The van der Waals surface area contributed by atoms with Crippen molar-refractivity contribution in [3.05, 3.63) is 71.9 Å². The third kappa shape index (κ3) is 5.02. The van der Waals surface area contributed by atoms with E-state index in [4.69, 9.17) is 23.2 Å². The molecule has 0 aliphatic heterocycles. The Hall–Kier alpha value is -1.97. The molecule has 1 N–H and O–H groups in total. The Balaban J connectivity index is 2.17. The number of nitrogens with one attached hydrogen (secondary N) is 1. The fraction of sp³-hybridized carbons (Fsp3) is 0.167. The number of hydrogen-bond donors (Lipinski definition) is 1. The first kappa shape index (κ1) is 17.4. The number of halogens is 2. The Labute approximate surface area is 146 Å². The summed E-state index contributed by atoms with van der Waals surface area (Å²) in [5.41, 5.74) is 3.25. The first-order valence-corrected chi connectivity index (χ1v) is 8.01. The monoisotopic (exact) mass is 348 g/mol. The van der Waals surface area contributed by atoms with Crippen LogP contribution in [-0.2, 0) is 4.79 Å². The van der Waals surface area contributed by atoms with Crippen molar-refractivity contribution in [2.75, 3.05) is 17.3 Å². The number of hydrogen-bond acceptors (Lipinski definition) is 2. The predicted molar refractivity (Wildman–Crippen MR) is 98.2 cm³/mol. The Bertz CT molecular complexity index is 682. The van der Waals surface area contributed by atoms with Gasteiger partial charge < -0.3 is 10.2 Å². The fourth-order valence-electron chi connectivity index (χ4n) is 2.06. The van der Waals surface area contributed by atoms with Crippen molar-refractivity contribution in [2.45, 2.75) is 11.8 Å². The van der Waals surface area contributed by atoms with Crippen molar-refractivity contribution in [1.82, 2.24) is 0 Å². The lowest BCUT2D eigenvalue weighted by molar-refractivity contribution is -0.112. The summed E-state index contributed by atoms with van der Waals surface area (Å²) in [6.07, 6.45) is 1.41. The molecule has 0 saturated heterocycles. The fourth-order valence-corrected chi connectivity index (χ4v) is 2.48. The Morgan fingerprint density at radius 3 is 2.26 bits per heavy atom. The third-order valence-corrected chi connectivity index (χ3v) is 3.80. The number of anilines is 2. The molecule has 0 saturated carbocycles. The first-order chi connectivity index (χ1) is 11.0. The Morgan fingerprint density at radius 2 is 1.70 bits per heavy atom. The minimum atomic E-state index is -0.816. The zero-order valence-electron chi connectivity index (χ0n) is 13.0. The highest BCUT2D eigenvalue weighted by Crippen LogP contribution is 2.24. The third-order valence-electron chi connectivity index (χ3n) is 3.35.